The van der Waals surface area contributed by atoms with Gasteiger partial charge < -0.3 is 9.55 Å². The molecule has 0 atom stereocenters. The summed E-state index contributed by atoms with van der Waals surface area (Å²) in [6.45, 7) is 4.55. The molecule has 0 spiro atoms. The minimum Gasteiger partial charge on any atom is -0.322 e. The van der Waals surface area contributed by atoms with Crippen LogP contribution in [-0.4, -0.2) is 32.7 Å². The summed E-state index contributed by atoms with van der Waals surface area (Å²) in [7, 11) is 2.07. The minimum absolute atomic E-state index is 0.0552. The quantitative estimate of drug-likeness (QED) is 0.700. The van der Waals surface area contributed by atoms with Crippen LogP contribution >= 0.6 is 11.8 Å². The summed E-state index contributed by atoms with van der Waals surface area (Å²) < 4.78 is 2.23. The molecule has 0 amide bonds. The molecule has 2 aromatic heterocycles. The zero-order valence-electron chi connectivity index (χ0n) is 14.2. The number of fused-ring (bicyclic) bond motifs is 1. The molecule has 0 aliphatic rings. The Labute approximate surface area is 145 Å². The molecule has 2 heterocycles. The van der Waals surface area contributed by atoms with Crippen molar-refractivity contribution < 1.29 is 0 Å². The Bertz CT molecular complexity index is 899. The SMILES string of the molecule is CCn1c(CN(C)Cc2cc(=O)[nH]c3ccccc23)cnc1SC. The topological polar surface area (TPSA) is 53.9 Å². The van der Waals surface area contributed by atoms with E-state index in [1.165, 1.54) is 5.69 Å². The van der Waals surface area contributed by atoms with Crippen molar-refractivity contribution >= 4 is 22.7 Å². The number of aromatic amines is 1. The van der Waals surface area contributed by atoms with Gasteiger partial charge in [-0.3, -0.25) is 9.69 Å². The van der Waals surface area contributed by atoms with E-state index in [-0.39, 0.29) is 5.56 Å². The van der Waals surface area contributed by atoms with Crippen LogP contribution in [0.1, 0.15) is 18.2 Å². The van der Waals surface area contributed by atoms with Gasteiger partial charge in [0, 0.05) is 36.6 Å². The van der Waals surface area contributed by atoms with Gasteiger partial charge in [-0.1, -0.05) is 30.0 Å². The molecule has 0 saturated carbocycles. The van der Waals surface area contributed by atoms with Gasteiger partial charge in [-0.2, -0.15) is 0 Å². The number of aromatic nitrogens is 3. The van der Waals surface area contributed by atoms with Gasteiger partial charge >= 0.3 is 0 Å². The van der Waals surface area contributed by atoms with Gasteiger partial charge in [-0.25, -0.2) is 4.98 Å². The van der Waals surface area contributed by atoms with Gasteiger partial charge in [0.05, 0.1) is 11.9 Å². The molecule has 24 heavy (non-hydrogen) atoms. The van der Waals surface area contributed by atoms with Crippen LogP contribution in [-0.2, 0) is 19.6 Å². The molecule has 3 rings (SSSR count). The number of hydrogen-bond donors (Lipinski definition) is 1. The maximum absolute atomic E-state index is 11.9. The number of pyridine rings is 1. The van der Waals surface area contributed by atoms with E-state index in [1.807, 2.05) is 30.7 Å². The second-order valence-corrected chi connectivity index (χ2v) is 6.63. The number of nitrogens with one attached hydrogen (secondary N) is 1. The first-order valence-corrected chi connectivity index (χ1v) is 9.22. The van der Waals surface area contributed by atoms with Crippen LogP contribution in [0.3, 0.4) is 0 Å². The van der Waals surface area contributed by atoms with E-state index in [0.29, 0.717) is 6.54 Å². The fourth-order valence-electron chi connectivity index (χ4n) is 3.05. The van der Waals surface area contributed by atoms with Crippen LogP contribution < -0.4 is 5.56 Å². The van der Waals surface area contributed by atoms with Crippen LogP contribution in [0.15, 0.2) is 46.5 Å². The molecule has 0 aliphatic carbocycles. The van der Waals surface area contributed by atoms with Gasteiger partial charge in [-0.05, 0) is 31.9 Å². The van der Waals surface area contributed by atoms with Crippen molar-refractivity contribution in [1.29, 1.82) is 0 Å². The van der Waals surface area contributed by atoms with Crippen molar-refractivity contribution in [3.05, 3.63) is 58.1 Å². The Balaban J connectivity index is 1.84. The van der Waals surface area contributed by atoms with Crippen molar-refractivity contribution in [2.45, 2.75) is 31.7 Å². The maximum atomic E-state index is 11.9. The second kappa shape index (κ2) is 7.23. The minimum atomic E-state index is -0.0552. The van der Waals surface area contributed by atoms with Gasteiger partial charge in [0.25, 0.3) is 0 Å². The molecule has 0 radical (unpaired) electrons. The van der Waals surface area contributed by atoms with E-state index >= 15 is 0 Å². The predicted octanol–water partition coefficient (Wildman–Crippen LogP) is 3.10. The molecular weight excluding hydrogens is 320 g/mol. The fourth-order valence-corrected chi connectivity index (χ4v) is 3.68. The van der Waals surface area contributed by atoms with Crippen molar-refractivity contribution in [1.82, 2.24) is 19.4 Å². The number of hydrogen-bond acceptors (Lipinski definition) is 4. The Morgan fingerprint density at radius 1 is 1.29 bits per heavy atom. The third-order valence-electron chi connectivity index (χ3n) is 4.11. The van der Waals surface area contributed by atoms with Crippen molar-refractivity contribution in [3.8, 4) is 0 Å². The van der Waals surface area contributed by atoms with E-state index < -0.39 is 0 Å². The molecule has 0 saturated heterocycles. The molecule has 3 aromatic rings. The van der Waals surface area contributed by atoms with Gasteiger partial charge in [0.2, 0.25) is 5.56 Å². The third-order valence-corrected chi connectivity index (χ3v) is 4.80. The van der Waals surface area contributed by atoms with Crippen molar-refractivity contribution in [3.63, 3.8) is 0 Å². The van der Waals surface area contributed by atoms with E-state index in [4.69, 9.17) is 0 Å². The van der Waals surface area contributed by atoms with Crippen molar-refractivity contribution in [2.75, 3.05) is 13.3 Å². The lowest BCUT2D eigenvalue weighted by molar-refractivity contribution is 0.309. The summed E-state index contributed by atoms with van der Waals surface area (Å²) in [6, 6.07) is 9.63. The zero-order chi connectivity index (χ0) is 17.1. The summed E-state index contributed by atoms with van der Waals surface area (Å²) in [6.07, 6.45) is 3.99. The highest BCUT2D eigenvalue weighted by Crippen LogP contribution is 2.19. The number of para-hydroxylation sites is 1. The fraction of sp³-hybridized carbons (Fsp3) is 0.333. The van der Waals surface area contributed by atoms with Crippen LogP contribution in [0.5, 0.6) is 0 Å². The number of thioether (sulfide) groups is 1. The Hall–Kier alpha value is -2.05. The van der Waals surface area contributed by atoms with Gasteiger partial charge in [0.15, 0.2) is 5.16 Å². The molecule has 5 nitrogen and oxygen atoms in total. The van der Waals surface area contributed by atoms with E-state index in [9.17, 15) is 4.79 Å². The first-order valence-electron chi connectivity index (χ1n) is 8.00. The highest BCUT2D eigenvalue weighted by atomic mass is 32.2. The lowest BCUT2D eigenvalue weighted by atomic mass is 10.1. The second-order valence-electron chi connectivity index (χ2n) is 5.86. The standard InChI is InChI=1S/C18H22N4OS/c1-4-22-14(10-19-18(22)24-3)12-21(2)11-13-9-17(23)20-16-8-6-5-7-15(13)16/h5-10H,4,11-12H2,1-3H3,(H,20,23). The molecule has 1 N–H and O–H groups in total. The highest BCUT2D eigenvalue weighted by molar-refractivity contribution is 7.98. The average molecular weight is 342 g/mol. The summed E-state index contributed by atoms with van der Waals surface area (Å²) in [4.78, 5) is 21.5. The largest absolute Gasteiger partial charge is 0.322 e. The molecule has 1 aromatic carbocycles. The number of rotatable bonds is 6. The van der Waals surface area contributed by atoms with E-state index in [0.717, 1.165) is 34.7 Å². The number of imidazole rings is 1. The molecule has 0 fully saturated rings. The van der Waals surface area contributed by atoms with Gasteiger partial charge in [-0.15, -0.1) is 0 Å². The average Bonchev–Trinajstić information content (AvgIpc) is 2.96. The first kappa shape index (κ1) is 16.8. The Morgan fingerprint density at radius 2 is 2.08 bits per heavy atom. The van der Waals surface area contributed by atoms with Crippen molar-refractivity contribution in [2.24, 2.45) is 0 Å². The van der Waals surface area contributed by atoms with E-state index in [1.54, 1.807) is 17.8 Å². The summed E-state index contributed by atoms with van der Waals surface area (Å²) >= 11 is 1.66. The maximum Gasteiger partial charge on any atom is 0.248 e. The Kier molecular flexibility index (Phi) is 5.06. The summed E-state index contributed by atoms with van der Waals surface area (Å²) in [5, 5.41) is 2.14. The molecular formula is C18H22N4OS. The number of H-pyrrole nitrogens is 1. The lowest BCUT2D eigenvalue weighted by Crippen LogP contribution is -2.21. The molecule has 126 valence electrons. The Morgan fingerprint density at radius 3 is 2.83 bits per heavy atom. The third kappa shape index (κ3) is 3.39. The smallest absolute Gasteiger partial charge is 0.248 e. The van der Waals surface area contributed by atoms with Crippen LogP contribution in [0.4, 0.5) is 0 Å². The molecule has 0 unspecified atom stereocenters. The normalized spacial score (nSPS) is 11.5. The van der Waals surface area contributed by atoms with E-state index in [2.05, 4.69) is 39.5 Å². The summed E-state index contributed by atoms with van der Waals surface area (Å²) in [5.41, 5.74) is 3.07. The van der Waals surface area contributed by atoms with Gasteiger partial charge in [0.1, 0.15) is 0 Å². The monoisotopic (exact) mass is 342 g/mol. The molecule has 6 heteroatoms. The molecule has 0 bridgehead atoms. The zero-order valence-corrected chi connectivity index (χ0v) is 15.1. The first-order chi connectivity index (χ1) is 11.6. The predicted molar refractivity (Wildman–Crippen MR) is 99.4 cm³/mol. The van der Waals surface area contributed by atoms with Crippen LogP contribution in [0.25, 0.3) is 10.9 Å². The number of benzene rings is 1. The lowest BCUT2D eigenvalue weighted by Gasteiger charge is -2.19. The van der Waals surface area contributed by atoms with Crippen LogP contribution in [0.2, 0.25) is 0 Å². The van der Waals surface area contributed by atoms with Crippen LogP contribution in [0, 0.1) is 0 Å². The highest BCUT2D eigenvalue weighted by Gasteiger charge is 2.12. The summed E-state index contributed by atoms with van der Waals surface area (Å²) in [5.74, 6) is 0. The number of nitrogens with zero attached hydrogens (tertiary/aromatic N) is 3. The molecule has 0 aliphatic heterocycles.